The molecule has 0 aliphatic rings. The van der Waals surface area contributed by atoms with Gasteiger partial charge in [0.25, 0.3) is 5.91 Å². The van der Waals surface area contributed by atoms with Crippen LogP contribution in [0.15, 0.2) is 17.8 Å². The number of hydrogen-bond acceptors (Lipinski definition) is 5. The fraction of sp³-hybridized carbons (Fsp3) is 0.500. The molecule has 0 aliphatic carbocycles. The summed E-state index contributed by atoms with van der Waals surface area (Å²) in [4.78, 5) is 20.3. The fourth-order valence-electron chi connectivity index (χ4n) is 1.99. The maximum absolute atomic E-state index is 11.9. The minimum atomic E-state index is -0.103. The lowest BCUT2D eigenvalue weighted by Crippen LogP contribution is -2.25. The first-order chi connectivity index (χ1) is 10.2. The zero-order valence-corrected chi connectivity index (χ0v) is 15.5. The summed E-state index contributed by atoms with van der Waals surface area (Å²) in [6, 6.07) is 0. The van der Waals surface area contributed by atoms with E-state index in [1.807, 2.05) is 13.1 Å². The number of unbranched alkanes of at least 4 members (excludes halogenated alkanes) is 1. The topological polar surface area (TPSA) is 85.8 Å². The molecule has 23 heavy (non-hydrogen) atoms. The fourth-order valence-corrected chi connectivity index (χ4v) is 2.79. The van der Waals surface area contributed by atoms with E-state index in [1.54, 1.807) is 11.6 Å². The van der Waals surface area contributed by atoms with Gasteiger partial charge in [-0.2, -0.15) is 0 Å². The molecule has 0 spiro atoms. The number of rotatable bonds is 8. The Morgan fingerprint density at radius 2 is 2.17 bits per heavy atom. The van der Waals surface area contributed by atoms with Crippen molar-refractivity contribution in [2.75, 3.05) is 13.1 Å². The molecular weight excluding hydrogens is 357 g/mol. The highest BCUT2D eigenvalue weighted by atomic mass is 35.5. The van der Waals surface area contributed by atoms with E-state index in [0.717, 1.165) is 36.6 Å². The van der Waals surface area contributed by atoms with Crippen molar-refractivity contribution in [1.29, 1.82) is 0 Å². The third-order valence-electron chi connectivity index (χ3n) is 3.18. The first-order valence-electron chi connectivity index (χ1n) is 7.11. The van der Waals surface area contributed by atoms with Crippen molar-refractivity contribution in [3.05, 3.63) is 34.3 Å². The number of hydrogen-bond donors (Lipinski definition) is 2. The van der Waals surface area contributed by atoms with E-state index < -0.39 is 0 Å². The minimum Gasteiger partial charge on any atom is -0.351 e. The molecule has 0 fully saturated rings. The number of aromatic nitrogens is 3. The van der Waals surface area contributed by atoms with Crippen LogP contribution in [0.4, 0.5) is 0 Å². The maximum atomic E-state index is 11.9. The average Bonchev–Trinajstić information content (AvgIpc) is 3.08. The molecule has 0 radical (unpaired) electrons. The van der Waals surface area contributed by atoms with Crippen LogP contribution in [0.25, 0.3) is 0 Å². The van der Waals surface area contributed by atoms with Crippen molar-refractivity contribution in [2.24, 2.45) is 5.73 Å². The van der Waals surface area contributed by atoms with E-state index in [1.165, 1.54) is 11.3 Å². The number of nitrogens with zero attached hydrogens (tertiary/aromatic N) is 3. The second kappa shape index (κ2) is 11.4. The van der Waals surface area contributed by atoms with Gasteiger partial charge in [-0.25, -0.2) is 9.97 Å². The summed E-state index contributed by atoms with van der Waals surface area (Å²) in [5.74, 6) is 0.919. The largest absolute Gasteiger partial charge is 0.351 e. The first kappa shape index (κ1) is 21.9. The second-order valence-corrected chi connectivity index (χ2v) is 5.74. The van der Waals surface area contributed by atoms with Crippen LogP contribution in [-0.4, -0.2) is 33.5 Å². The van der Waals surface area contributed by atoms with Crippen LogP contribution in [0.3, 0.4) is 0 Å². The molecule has 1 amide bonds. The third kappa shape index (κ3) is 6.87. The summed E-state index contributed by atoms with van der Waals surface area (Å²) in [5, 5.41) is 5.60. The minimum absolute atomic E-state index is 0. The second-order valence-electron chi connectivity index (χ2n) is 4.80. The summed E-state index contributed by atoms with van der Waals surface area (Å²) in [7, 11) is 0. The van der Waals surface area contributed by atoms with Crippen LogP contribution >= 0.6 is 36.2 Å². The van der Waals surface area contributed by atoms with Crippen LogP contribution in [0.5, 0.6) is 0 Å². The van der Waals surface area contributed by atoms with Crippen LogP contribution in [0.2, 0.25) is 0 Å². The van der Waals surface area contributed by atoms with Gasteiger partial charge in [-0.05, 0) is 26.3 Å². The van der Waals surface area contributed by atoms with E-state index in [0.29, 0.717) is 18.8 Å². The summed E-state index contributed by atoms with van der Waals surface area (Å²) in [6.45, 7) is 4.14. The molecule has 0 aromatic carbocycles. The standard InChI is InChI=1S/C14H21N5OS.2ClH/c1-11-16-7-9-19(11)8-3-2-6-17-14(20)12-10-21-13(18-12)4-5-15;;/h7,9-10H,2-6,8,15H2,1H3,(H,17,20);2*1H. The number of carbonyl (C=O) groups is 1. The van der Waals surface area contributed by atoms with Gasteiger partial charge < -0.3 is 15.6 Å². The van der Waals surface area contributed by atoms with Crippen molar-refractivity contribution in [3.8, 4) is 0 Å². The Balaban J connectivity index is 0.00000242. The Hall–Kier alpha value is -1.15. The number of thiazole rings is 1. The molecule has 0 aliphatic heterocycles. The van der Waals surface area contributed by atoms with Crippen LogP contribution in [0, 0.1) is 6.92 Å². The number of halogens is 2. The third-order valence-corrected chi connectivity index (χ3v) is 4.09. The summed E-state index contributed by atoms with van der Waals surface area (Å²) in [6.07, 6.45) is 6.44. The number of imidazole rings is 1. The van der Waals surface area contributed by atoms with E-state index in [-0.39, 0.29) is 30.7 Å². The van der Waals surface area contributed by atoms with Crippen LogP contribution < -0.4 is 11.1 Å². The average molecular weight is 380 g/mol. The van der Waals surface area contributed by atoms with Crippen molar-refractivity contribution in [3.63, 3.8) is 0 Å². The van der Waals surface area contributed by atoms with Gasteiger partial charge in [0.2, 0.25) is 0 Å². The number of nitrogens with one attached hydrogen (secondary N) is 1. The summed E-state index contributed by atoms with van der Waals surface area (Å²) in [5.41, 5.74) is 5.96. The molecule has 0 saturated carbocycles. The molecule has 2 aromatic rings. The van der Waals surface area contributed by atoms with E-state index in [9.17, 15) is 4.79 Å². The van der Waals surface area contributed by atoms with Crippen LogP contribution in [-0.2, 0) is 13.0 Å². The van der Waals surface area contributed by atoms with Gasteiger partial charge in [-0.1, -0.05) is 0 Å². The molecule has 130 valence electrons. The lowest BCUT2D eigenvalue weighted by Gasteiger charge is -2.05. The number of aryl methyl sites for hydroxylation is 2. The quantitative estimate of drug-likeness (QED) is 0.688. The highest BCUT2D eigenvalue weighted by molar-refractivity contribution is 7.09. The van der Waals surface area contributed by atoms with Crippen molar-refractivity contribution in [2.45, 2.75) is 32.7 Å². The van der Waals surface area contributed by atoms with Gasteiger partial charge in [-0.3, -0.25) is 4.79 Å². The number of amides is 1. The van der Waals surface area contributed by atoms with E-state index in [4.69, 9.17) is 5.73 Å². The summed E-state index contributed by atoms with van der Waals surface area (Å²) >= 11 is 1.48. The maximum Gasteiger partial charge on any atom is 0.270 e. The molecule has 0 unspecified atom stereocenters. The Morgan fingerprint density at radius 3 is 2.83 bits per heavy atom. The van der Waals surface area contributed by atoms with E-state index in [2.05, 4.69) is 19.9 Å². The van der Waals surface area contributed by atoms with Gasteiger partial charge in [-0.15, -0.1) is 36.2 Å². The van der Waals surface area contributed by atoms with E-state index >= 15 is 0 Å². The van der Waals surface area contributed by atoms with Crippen LogP contribution in [0.1, 0.15) is 34.2 Å². The monoisotopic (exact) mass is 379 g/mol. The Morgan fingerprint density at radius 1 is 1.39 bits per heavy atom. The predicted octanol–water partition coefficient (Wildman–Crippen LogP) is 2.20. The van der Waals surface area contributed by atoms with Gasteiger partial charge in [0.1, 0.15) is 11.5 Å². The van der Waals surface area contributed by atoms with Gasteiger partial charge in [0, 0.05) is 37.3 Å². The Kier molecular flexibility index (Phi) is 10.8. The van der Waals surface area contributed by atoms with Crippen molar-refractivity contribution in [1.82, 2.24) is 19.9 Å². The number of nitrogens with two attached hydrogens (primary N) is 1. The molecular formula is C14H23Cl2N5OS. The molecule has 6 nitrogen and oxygen atoms in total. The normalized spacial score (nSPS) is 9.83. The Bertz CT molecular complexity index is 587. The molecule has 2 heterocycles. The smallest absolute Gasteiger partial charge is 0.270 e. The molecule has 9 heteroatoms. The lowest BCUT2D eigenvalue weighted by atomic mass is 10.3. The zero-order valence-electron chi connectivity index (χ0n) is 13.0. The Labute approximate surface area is 152 Å². The summed E-state index contributed by atoms with van der Waals surface area (Å²) < 4.78 is 2.11. The van der Waals surface area contributed by atoms with Crippen molar-refractivity contribution >= 4 is 42.1 Å². The van der Waals surface area contributed by atoms with Gasteiger partial charge >= 0.3 is 0 Å². The SMILES string of the molecule is Cc1nccn1CCCCNC(=O)c1csc(CCN)n1.Cl.Cl. The highest BCUT2D eigenvalue weighted by Crippen LogP contribution is 2.09. The molecule has 2 aromatic heterocycles. The lowest BCUT2D eigenvalue weighted by molar-refractivity contribution is 0.0948. The molecule has 3 N–H and O–H groups in total. The molecule has 0 bridgehead atoms. The van der Waals surface area contributed by atoms with Gasteiger partial charge in [0.05, 0.1) is 5.01 Å². The predicted molar refractivity (Wildman–Crippen MR) is 97.9 cm³/mol. The van der Waals surface area contributed by atoms with Crippen molar-refractivity contribution < 1.29 is 4.79 Å². The molecule has 0 saturated heterocycles. The molecule has 2 rings (SSSR count). The van der Waals surface area contributed by atoms with Gasteiger partial charge in [0.15, 0.2) is 0 Å². The number of carbonyl (C=O) groups excluding carboxylic acids is 1. The zero-order chi connectivity index (χ0) is 15.1. The molecule has 0 atom stereocenters. The first-order valence-corrected chi connectivity index (χ1v) is 7.99. The highest BCUT2D eigenvalue weighted by Gasteiger charge is 2.09.